The van der Waals surface area contributed by atoms with Crippen LogP contribution in [0.2, 0.25) is 0 Å². The molecule has 1 aromatic heterocycles. The zero-order chi connectivity index (χ0) is 16.6. The molecule has 4 rings (SSSR count). The lowest BCUT2D eigenvalue weighted by molar-refractivity contribution is -0.183. The van der Waals surface area contributed by atoms with E-state index in [1.807, 2.05) is 12.1 Å². The summed E-state index contributed by atoms with van der Waals surface area (Å²) >= 11 is 0. The molecular formula is C18H23FN2O3. The second-order valence-corrected chi connectivity index (χ2v) is 7.25. The van der Waals surface area contributed by atoms with Gasteiger partial charge in [-0.3, -0.25) is 9.78 Å². The van der Waals surface area contributed by atoms with Crippen LogP contribution in [0, 0.1) is 5.92 Å². The summed E-state index contributed by atoms with van der Waals surface area (Å²) in [6.45, 7) is 2.84. The second-order valence-electron chi connectivity index (χ2n) is 7.25. The topological polar surface area (TPSA) is 51.7 Å². The van der Waals surface area contributed by atoms with E-state index in [1.165, 1.54) is 0 Å². The van der Waals surface area contributed by atoms with Crippen molar-refractivity contribution in [2.75, 3.05) is 26.3 Å². The highest BCUT2D eigenvalue weighted by Crippen LogP contribution is 2.44. The Morgan fingerprint density at radius 1 is 1.38 bits per heavy atom. The average Bonchev–Trinajstić information content (AvgIpc) is 2.95. The van der Waals surface area contributed by atoms with Crippen molar-refractivity contribution in [3.8, 4) is 0 Å². The van der Waals surface area contributed by atoms with Gasteiger partial charge in [-0.15, -0.1) is 0 Å². The molecule has 0 radical (unpaired) electrons. The number of carbonyl (C=O) groups excluding carboxylic acids is 1. The van der Waals surface area contributed by atoms with Crippen molar-refractivity contribution in [2.45, 2.75) is 43.6 Å². The van der Waals surface area contributed by atoms with E-state index in [2.05, 4.69) is 4.98 Å². The summed E-state index contributed by atoms with van der Waals surface area (Å²) < 4.78 is 26.0. The van der Waals surface area contributed by atoms with Gasteiger partial charge in [0.15, 0.2) is 5.67 Å². The first-order chi connectivity index (χ1) is 11.6. The molecule has 0 unspecified atom stereocenters. The number of likely N-dealkylation sites (tertiary alicyclic amines) is 1. The quantitative estimate of drug-likeness (QED) is 0.828. The molecule has 1 saturated carbocycles. The fourth-order valence-electron chi connectivity index (χ4n) is 3.90. The monoisotopic (exact) mass is 334 g/mol. The predicted octanol–water partition coefficient (Wildman–Crippen LogP) is 2.11. The highest BCUT2D eigenvalue weighted by Gasteiger charge is 2.58. The predicted molar refractivity (Wildman–Crippen MR) is 85.0 cm³/mol. The largest absolute Gasteiger partial charge is 0.376 e. The number of amides is 1. The van der Waals surface area contributed by atoms with Crippen molar-refractivity contribution < 1.29 is 18.7 Å². The van der Waals surface area contributed by atoms with Crippen molar-refractivity contribution in [3.05, 3.63) is 30.1 Å². The molecule has 130 valence electrons. The van der Waals surface area contributed by atoms with Crippen LogP contribution >= 0.6 is 0 Å². The van der Waals surface area contributed by atoms with E-state index in [1.54, 1.807) is 17.3 Å². The molecule has 3 fully saturated rings. The third-order valence-corrected chi connectivity index (χ3v) is 5.67. The van der Waals surface area contributed by atoms with Crippen LogP contribution in [-0.4, -0.2) is 53.4 Å². The normalized spacial score (nSPS) is 26.9. The van der Waals surface area contributed by atoms with Crippen LogP contribution in [0.4, 0.5) is 4.39 Å². The van der Waals surface area contributed by atoms with Gasteiger partial charge in [0.05, 0.1) is 26.3 Å². The van der Waals surface area contributed by atoms with Crippen molar-refractivity contribution in [1.29, 1.82) is 0 Å². The molecule has 1 spiro atoms. The highest BCUT2D eigenvalue weighted by molar-refractivity contribution is 5.87. The maximum absolute atomic E-state index is 14.3. The molecule has 1 aromatic rings. The zero-order valence-corrected chi connectivity index (χ0v) is 13.7. The summed E-state index contributed by atoms with van der Waals surface area (Å²) in [5.74, 6) is -0.0772. The number of carbonyl (C=O) groups is 1. The minimum atomic E-state index is -1.60. The van der Waals surface area contributed by atoms with Crippen LogP contribution in [0.15, 0.2) is 24.5 Å². The molecule has 1 amide bonds. The van der Waals surface area contributed by atoms with Gasteiger partial charge in [0.2, 0.25) is 0 Å². The molecular weight excluding hydrogens is 311 g/mol. The summed E-state index contributed by atoms with van der Waals surface area (Å²) in [6, 6.07) is 3.87. The van der Waals surface area contributed by atoms with E-state index in [-0.39, 0.29) is 17.4 Å². The number of hydrogen-bond acceptors (Lipinski definition) is 4. The van der Waals surface area contributed by atoms with Gasteiger partial charge in [-0.05, 0) is 43.4 Å². The average molecular weight is 334 g/mol. The zero-order valence-electron chi connectivity index (χ0n) is 13.7. The Balaban J connectivity index is 1.29. The minimum absolute atomic E-state index is 0.264. The Hall–Kier alpha value is -1.53. The number of pyridine rings is 1. The Morgan fingerprint density at radius 2 is 2.12 bits per heavy atom. The first-order valence-corrected chi connectivity index (χ1v) is 8.70. The van der Waals surface area contributed by atoms with Crippen LogP contribution in [0.25, 0.3) is 0 Å². The first kappa shape index (κ1) is 16.0. The van der Waals surface area contributed by atoms with Crippen LogP contribution in [0.1, 0.15) is 31.2 Å². The number of halogens is 1. The van der Waals surface area contributed by atoms with E-state index < -0.39 is 5.67 Å². The van der Waals surface area contributed by atoms with Gasteiger partial charge in [0.25, 0.3) is 5.91 Å². The second kappa shape index (κ2) is 6.08. The molecule has 0 bridgehead atoms. The molecule has 1 aliphatic carbocycles. The maximum atomic E-state index is 14.3. The van der Waals surface area contributed by atoms with Gasteiger partial charge in [0.1, 0.15) is 5.60 Å². The van der Waals surface area contributed by atoms with E-state index >= 15 is 0 Å². The lowest BCUT2D eigenvalue weighted by atomic mass is 9.76. The van der Waals surface area contributed by atoms with Gasteiger partial charge >= 0.3 is 0 Å². The molecule has 3 aliphatic rings. The van der Waals surface area contributed by atoms with Crippen LogP contribution in [0.5, 0.6) is 0 Å². The van der Waals surface area contributed by atoms with Crippen LogP contribution < -0.4 is 0 Å². The third kappa shape index (κ3) is 2.71. The molecule has 2 aliphatic heterocycles. The van der Waals surface area contributed by atoms with Crippen molar-refractivity contribution in [1.82, 2.24) is 9.88 Å². The van der Waals surface area contributed by atoms with E-state index in [0.717, 1.165) is 18.4 Å². The number of rotatable bonds is 5. The van der Waals surface area contributed by atoms with Gasteiger partial charge in [-0.1, -0.05) is 0 Å². The van der Waals surface area contributed by atoms with Crippen LogP contribution in [-0.2, 0) is 20.9 Å². The van der Waals surface area contributed by atoms with Gasteiger partial charge in [0, 0.05) is 24.9 Å². The Morgan fingerprint density at radius 3 is 2.79 bits per heavy atom. The third-order valence-electron chi connectivity index (χ3n) is 5.67. The SMILES string of the molecule is O=C(N1CC2(C1)OCC[C@H]2COCc1ccncc1)C1(F)CCC1. The lowest BCUT2D eigenvalue weighted by Gasteiger charge is -2.52. The molecule has 5 nitrogen and oxygen atoms in total. The lowest BCUT2D eigenvalue weighted by Crippen LogP contribution is -2.69. The standard InChI is InChI=1S/C18H23FN2O3/c19-17(5-1-6-17)16(22)21-12-18(13-21)15(4-9-24-18)11-23-10-14-2-7-20-8-3-14/h2-3,7-8,15H,1,4-6,9-13H2/t15-/m0/s1. The van der Waals surface area contributed by atoms with E-state index in [4.69, 9.17) is 9.47 Å². The van der Waals surface area contributed by atoms with Gasteiger partial charge < -0.3 is 14.4 Å². The molecule has 0 N–H and O–H groups in total. The van der Waals surface area contributed by atoms with E-state index in [9.17, 15) is 9.18 Å². The maximum Gasteiger partial charge on any atom is 0.260 e. The molecule has 24 heavy (non-hydrogen) atoms. The Kier molecular flexibility index (Phi) is 4.04. The first-order valence-electron chi connectivity index (χ1n) is 8.70. The van der Waals surface area contributed by atoms with Gasteiger partial charge in [-0.2, -0.15) is 0 Å². The summed E-state index contributed by atoms with van der Waals surface area (Å²) in [5, 5.41) is 0. The smallest absolute Gasteiger partial charge is 0.260 e. The van der Waals surface area contributed by atoms with Crippen molar-refractivity contribution >= 4 is 5.91 Å². The summed E-state index contributed by atoms with van der Waals surface area (Å²) in [4.78, 5) is 17.8. The molecule has 3 heterocycles. The number of ether oxygens (including phenoxy) is 2. The summed E-state index contributed by atoms with van der Waals surface area (Å²) in [6.07, 6.45) is 5.98. The molecule has 1 atom stereocenters. The fourth-order valence-corrected chi connectivity index (χ4v) is 3.90. The minimum Gasteiger partial charge on any atom is -0.376 e. The van der Waals surface area contributed by atoms with Crippen molar-refractivity contribution in [2.24, 2.45) is 5.92 Å². The molecule has 0 aromatic carbocycles. The Bertz CT molecular complexity index is 600. The number of nitrogens with zero attached hydrogens (tertiary/aromatic N) is 2. The van der Waals surface area contributed by atoms with E-state index in [0.29, 0.717) is 45.8 Å². The van der Waals surface area contributed by atoms with Crippen molar-refractivity contribution in [3.63, 3.8) is 0 Å². The molecule has 2 saturated heterocycles. The molecule has 6 heteroatoms. The number of hydrogen-bond donors (Lipinski definition) is 0. The van der Waals surface area contributed by atoms with Gasteiger partial charge in [-0.25, -0.2) is 4.39 Å². The fraction of sp³-hybridized carbons (Fsp3) is 0.667. The summed E-state index contributed by atoms with van der Waals surface area (Å²) in [7, 11) is 0. The Labute approximate surface area is 141 Å². The number of alkyl halides is 1. The summed E-state index contributed by atoms with van der Waals surface area (Å²) in [5.41, 5.74) is -0.839. The number of aromatic nitrogens is 1. The van der Waals surface area contributed by atoms with Crippen LogP contribution in [0.3, 0.4) is 0 Å². The highest BCUT2D eigenvalue weighted by atomic mass is 19.1.